The molecule has 1 aliphatic carbocycles. The fourth-order valence-corrected chi connectivity index (χ4v) is 8.85. The molecule has 16 heteroatoms. The van der Waals surface area contributed by atoms with Gasteiger partial charge < -0.3 is 29.3 Å². The molecule has 3 aliphatic rings. The standard InChI is InChI=1S/C48H57F3N8O5/c1-48(2,3)64-47(61)58-21-19-56(20-22-58)28-32-15-17-57(18-16-32)46-53-26-36(27-54-46)34-9-10-35-29-59(55-41(35)23-34)37-11-5-31(6-12-37)25-52-45(60)39-24-40(49)44(43(51)42(39)50)63-30-33-7-13-38(62-4)14-8-33/h7-10,13-14,23-24,26-27,29,31-32,37H,5-6,11-12,15-22,25,28,30H2,1-4H3,(H,52,60). The Balaban J connectivity index is 0.779. The zero-order valence-corrected chi connectivity index (χ0v) is 37.0. The van der Waals surface area contributed by atoms with E-state index in [4.69, 9.17) is 29.3 Å². The van der Waals surface area contributed by atoms with Crippen LogP contribution in [-0.4, -0.2) is 107 Å². The van der Waals surface area contributed by atoms with Crippen molar-refractivity contribution in [2.75, 3.05) is 64.4 Å². The number of nitrogens with one attached hydrogen (secondary N) is 1. The second kappa shape index (κ2) is 19.5. The number of amides is 2. The molecule has 5 aromatic rings. The van der Waals surface area contributed by atoms with E-state index in [2.05, 4.69) is 39.5 Å². The van der Waals surface area contributed by atoms with Crippen LogP contribution in [0.1, 0.15) is 81.3 Å². The lowest BCUT2D eigenvalue weighted by atomic mass is 9.86. The Labute approximate surface area is 371 Å². The van der Waals surface area contributed by atoms with Gasteiger partial charge in [0, 0.05) is 81.9 Å². The van der Waals surface area contributed by atoms with Crippen LogP contribution < -0.4 is 19.7 Å². The molecule has 0 bridgehead atoms. The highest BCUT2D eigenvalue weighted by atomic mass is 19.2. The second-order valence-corrected chi connectivity index (χ2v) is 18.2. The number of halogens is 3. The second-order valence-electron chi connectivity index (χ2n) is 18.2. The number of rotatable bonds is 12. The van der Waals surface area contributed by atoms with Crippen LogP contribution >= 0.6 is 0 Å². The van der Waals surface area contributed by atoms with E-state index >= 15 is 4.39 Å². The highest BCUT2D eigenvalue weighted by Gasteiger charge is 2.30. The molecule has 0 radical (unpaired) electrons. The van der Waals surface area contributed by atoms with Crippen LogP contribution in [0.3, 0.4) is 0 Å². The Kier molecular flexibility index (Phi) is 13.6. The number of carbonyl (C=O) groups excluding carboxylic acids is 2. The van der Waals surface area contributed by atoms with Crippen LogP contribution in [0.2, 0.25) is 0 Å². The molecule has 4 heterocycles. The van der Waals surface area contributed by atoms with Gasteiger partial charge in [-0.25, -0.2) is 23.5 Å². The van der Waals surface area contributed by atoms with Gasteiger partial charge >= 0.3 is 6.09 Å². The molecule has 0 unspecified atom stereocenters. The first kappa shape index (κ1) is 44.7. The third-order valence-corrected chi connectivity index (χ3v) is 12.6. The van der Waals surface area contributed by atoms with Crippen molar-refractivity contribution in [3.8, 4) is 22.6 Å². The quantitative estimate of drug-likeness (QED) is 0.122. The van der Waals surface area contributed by atoms with Crippen molar-refractivity contribution < 1.29 is 37.0 Å². The van der Waals surface area contributed by atoms with Crippen LogP contribution in [0.15, 0.2) is 67.1 Å². The van der Waals surface area contributed by atoms with Crippen LogP contribution in [0.25, 0.3) is 22.0 Å². The molecular weight excluding hydrogens is 826 g/mol. The molecule has 340 valence electrons. The zero-order chi connectivity index (χ0) is 45.0. The Bertz CT molecular complexity index is 2400. The molecule has 2 saturated heterocycles. The number of benzene rings is 3. The Morgan fingerprint density at radius 1 is 0.812 bits per heavy atom. The number of methoxy groups -OCH3 is 1. The first-order valence-electron chi connectivity index (χ1n) is 22.3. The van der Waals surface area contributed by atoms with E-state index in [9.17, 15) is 18.4 Å². The van der Waals surface area contributed by atoms with E-state index in [-0.39, 0.29) is 31.2 Å². The average Bonchev–Trinajstić information content (AvgIpc) is 3.73. The minimum absolute atomic E-state index is 0.121. The third-order valence-electron chi connectivity index (χ3n) is 12.6. The van der Waals surface area contributed by atoms with Crippen molar-refractivity contribution in [3.63, 3.8) is 0 Å². The van der Waals surface area contributed by atoms with Crippen LogP contribution in [0, 0.1) is 29.3 Å². The Morgan fingerprint density at radius 2 is 1.52 bits per heavy atom. The largest absolute Gasteiger partial charge is 0.497 e. The summed E-state index contributed by atoms with van der Waals surface area (Å²) >= 11 is 0. The fraction of sp³-hybridized carbons (Fsp3) is 0.479. The lowest BCUT2D eigenvalue weighted by Crippen LogP contribution is -2.51. The summed E-state index contributed by atoms with van der Waals surface area (Å²) in [5.74, 6) is -3.86. The minimum Gasteiger partial charge on any atom is -0.497 e. The molecular formula is C48H57F3N8O5. The van der Waals surface area contributed by atoms with Crippen molar-refractivity contribution in [2.24, 2.45) is 11.8 Å². The van der Waals surface area contributed by atoms with Gasteiger partial charge in [-0.2, -0.15) is 9.49 Å². The minimum atomic E-state index is -1.55. The van der Waals surface area contributed by atoms with Gasteiger partial charge in [-0.05, 0) is 107 Å². The predicted octanol–water partition coefficient (Wildman–Crippen LogP) is 8.43. The van der Waals surface area contributed by atoms with E-state index in [1.807, 2.05) is 42.7 Å². The fourth-order valence-electron chi connectivity index (χ4n) is 8.85. The summed E-state index contributed by atoms with van der Waals surface area (Å²) in [4.78, 5) is 41.4. The van der Waals surface area contributed by atoms with Gasteiger partial charge in [0.1, 0.15) is 18.0 Å². The normalized spacial score (nSPS) is 18.9. The number of anilines is 1. The predicted molar refractivity (Wildman–Crippen MR) is 237 cm³/mol. The number of piperazine rings is 1. The molecule has 2 amide bonds. The summed E-state index contributed by atoms with van der Waals surface area (Å²) in [6.07, 6.45) is 11.0. The third kappa shape index (κ3) is 10.7. The molecule has 0 spiro atoms. The van der Waals surface area contributed by atoms with E-state index in [1.54, 1.807) is 24.3 Å². The number of hydrogen-bond donors (Lipinski definition) is 1. The maximum Gasteiger partial charge on any atom is 0.410 e. The lowest BCUT2D eigenvalue weighted by molar-refractivity contribution is 0.0130. The van der Waals surface area contributed by atoms with Gasteiger partial charge in [-0.1, -0.05) is 24.3 Å². The number of aromatic nitrogens is 4. The van der Waals surface area contributed by atoms with E-state index in [1.165, 1.54) is 7.11 Å². The molecule has 1 saturated carbocycles. The van der Waals surface area contributed by atoms with Crippen LogP contribution in [-0.2, 0) is 11.3 Å². The summed E-state index contributed by atoms with van der Waals surface area (Å²) < 4.78 is 62.7. The number of ether oxygens (including phenoxy) is 3. The summed E-state index contributed by atoms with van der Waals surface area (Å²) in [5, 5.41) is 8.65. The molecule has 1 N–H and O–H groups in total. The van der Waals surface area contributed by atoms with E-state index in [0.717, 1.165) is 99.2 Å². The first-order chi connectivity index (χ1) is 30.8. The van der Waals surface area contributed by atoms with Gasteiger partial charge in [0.15, 0.2) is 17.4 Å². The molecule has 13 nitrogen and oxygen atoms in total. The topological polar surface area (TPSA) is 127 Å². The van der Waals surface area contributed by atoms with Crippen molar-refractivity contribution >= 4 is 28.9 Å². The number of fused-ring (bicyclic) bond motifs is 1. The van der Waals surface area contributed by atoms with Gasteiger partial charge in [0.25, 0.3) is 5.91 Å². The highest BCUT2D eigenvalue weighted by Crippen LogP contribution is 2.34. The van der Waals surface area contributed by atoms with Gasteiger partial charge in [0.05, 0.1) is 24.2 Å². The number of nitrogens with zero attached hydrogens (tertiary/aromatic N) is 7. The smallest absolute Gasteiger partial charge is 0.410 e. The van der Waals surface area contributed by atoms with Gasteiger partial charge in [-0.3, -0.25) is 14.4 Å². The maximum absolute atomic E-state index is 15.0. The van der Waals surface area contributed by atoms with E-state index < -0.39 is 40.3 Å². The monoisotopic (exact) mass is 882 g/mol. The summed E-state index contributed by atoms with van der Waals surface area (Å²) in [5.41, 5.74) is 2.20. The number of hydrogen-bond acceptors (Lipinski definition) is 10. The number of carbonyl (C=O) groups is 2. The molecule has 3 aromatic carbocycles. The first-order valence-corrected chi connectivity index (χ1v) is 22.3. The SMILES string of the molecule is COc1ccc(COc2c(F)cc(C(=O)NCC3CCC(n4cc5ccc(-c6cnc(N7CCC(CN8CCN(C(=O)OC(C)(C)C)CC8)CC7)nc6)cc5n4)CC3)c(F)c2F)cc1. The summed E-state index contributed by atoms with van der Waals surface area (Å²) in [6.45, 7) is 11.7. The van der Waals surface area contributed by atoms with E-state index in [0.29, 0.717) is 36.4 Å². The molecule has 0 atom stereocenters. The lowest BCUT2D eigenvalue weighted by Gasteiger charge is -2.39. The average molecular weight is 883 g/mol. The molecule has 3 fully saturated rings. The number of piperidine rings is 1. The zero-order valence-electron chi connectivity index (χ0n) is 37.0. The van der Waals surface area contributed by atoms with Crippen molar-refractivity contribution in [3.05, 3.63) is 95.7 Å². The Hall–Kier alpha value is -5.90. The highest BCUT2D eigenvalue weighted by molar-refractivity contribution is 5.94. The molecule has 64 heavy (non-hydrogen) atoms. The van der Waals surface area contributed by atoms with Gasteiger partial charge in [-0.15, -0.1) is 0 Å². The maximum atomic E-state index is 15.0. The van der Waals surface area contributed by atoms with Crippen LogP contribution in [0.4, 0.5) is 23.9 Å². The molecule has 8 rings (SSSR count). The summed E-state index contributed by atoms with van der Waals surface area (Å²) in [7, 11) is 1.52. The molecule has 2 aromatic heterocycles. The van der Waals surface area contributed by atoms with Gasteiger partial charge in [0.2, 0.25) is 11.8 Å². The Morgan fingerprint density at radius 3 is 2.19 bits per heavy atom. The van der Waals surface area contributed by atoms with Crippen molar-refractivity contribution in [2.45, 2.75) is 77.5 Å². The summed E-state index contributed by atoms with van der Waals surface area (Å²) in [6, 6.07) is 13.7. The molecule has 2 aliphatic heterocycles. The van der Waals surface area contributed by atoms with Crippen LogP contribution in [0.5, 0.6) is 11.5 Å². The van der Waals surface area contributed by atoms with Crippen molar-refractivity contribution in [1.82, 2.24) is 34.9 Å². The van der Waals surface area contributed by atoms with Crippen molar-refractivity contribution in [1.29, 1.82) is 0 Å².